The summed E-state index contributed by atoms with van der Waals surface area (Å²) in [5.74, 6) is 0. The van der Waals surface area contributed by atoms with Crippen LogP contribution in [0.15, 0.2) is 36.9 Å². The zero-order chi connectivity index (χ0) is 9.54. The van der Waals surface area contributed by atoms with E-state index in [1.807, 2.05) is 12.1 Å². The molecule has 0 unspecified atom stereocenters. The minimum atomic E-state index is 0.792. The lowest BCUT2D eigenvalue weighted by atomic mass is 10.1. The van der Waals surface area contributed by atoms with Crippen LogP contribution in [0.1, 0.15) is 0 Å². The predicted molar refractivity (Wildman–Crippen MR) is 52.6 cm³/mol. The minimum absolute atomic E-state index is 0.792. The van der Waals surface area contributed by atoms with Crippen LogP contribution in [-0.4, -0.2) is 9.97 Å². The van der Waals surface area contributed by atoms with Gasteiger partial charge < -0.3 is 10.2 Å². The highest BCUT2D eigenvalue weighted by molar-refractivity contribution is 6.03. The van der Waals surface area contributed by atoms with Crippen LogP contribution in [0.5, 0.6) is 0 Å². The SMILES string of the molecule is [O-][n+]1ccc2c(ccc3[nH]cnc32)c1. The highest BCUT2D eigenvalue weighted by Crippen LogP contribution is 2.20. The Labute approximate surface area is 79.4 Å². The van der Waals surface area contributed by atoms with Crippen LogP contribution in [-0.2, 0) is 0 Å². The first-order chi connectivity index (χ1) is 6.84. The molecule has 0 amide bonds. The maximum atomic E-state index is 11.0. The molecule has 0 bridgehead atoms. The first kappa shape index (κ1) is 7.32. The molecule has 0 atom stereocenters. The van der Waals surface area contributed by atoms with Crippen molar-refractivity contribution in [1.82, 2.24) is 9.97 Å². The van der Waals surface area contributed by atoms with Crippen molar-refractivity contribution in [2.45, 2.75) is 0 Å². The highest BCUT2D eigenvalue weighted by atomic mass is 16.5. The third-order valence-electron chi connectivity index (χ3n) is 2.32. The second kappa shape index (κ2) is 2.45. The Bertz CT molecular complexity index is 615. The molecule has 0 radical (unpaired) electrons. The number of H-pyrrole nitrogens is 1. The number of imidazole rings is 1. The normalized spacial score (nSPS) is 11.1. The van der Waals surface area contributed by atoms with E-state index in [0.29, 0.717) is 0 Å². The van der Waals surface area contributed by atoms with E-state index in [1.165, 1.54) is 6.20 Å². The van der Waals surface area contributed by atoms with E-state index in [0.717, 1.165) is 26.5 Å². The van der Waals surface area contributed by atoms with Gasteiger partial charge in [-0.2, -0.15) is 4.73 Å². The smallest absolute Gasteiger partial charge is 0.188 e. The van der Waals surface area contributed by atoms with Gasteiger partial charge in [-0.1, -0.05) is 0 Å². The van der Waals surface area contributed by atoms with E-state index in [-0.39, 0.29) is 0 Å². The summed E-state index contributed by atoms with van der Waals surface area (Å²) >= 11 is 0. The lowest BCUT2D eigenvalue weighted by molar-refractivity contribution is -0.603. The largest absolute Gasteiger partial charge is 0.619 e. The standard InChI is InChI=1S/C10H7N3O/c14-13-4-3-8-7(5-13)1-2-9-10(8)12-6-11-9/h1-6H,(H,11,12). The minimum Gasteiger partial charge on any atom is -0.619 e. The number of benzene rings is 1. The summed E-state index contributed by atoms with van der Waals surface area (Å²) in [6, 6.07) is 5.61. The van der Waals surface area contributed by atoms with Crippen molar-refractivity contribution in [1.29, 1.82) is 0 Å². The zero-order valence-electron chi connectivity index (χ0n) is 7.27. The molecule has 2 heterocycles. The van der Waals surface area contributed by atoms with E-state index < -0.39 is 0 Å². The molecule has 0 fully saturated rings. The third-order valence-corrected chi connectivity index (χ3v) is 2.32. The number of aromatic amines is 1. The van der Waals surface area contributed by atoms with Gasteiger partial charge in [-0.15, -0.1) is 0 Å². The second-order valence-electron chi connectivity index (χ2n) is 3.17. The average Bonchev–Trinajstić information content (AvgIpc) is 2.65. The summed E-state index contributed by atoms with van der Waals surface area (Å²) in [6.07, 6.45) is 4.68. The number of hydrogen-bond donors (Lipinski definition) is 1. The number of hydrogen-bond acceptors (Lipinski definition) is 2. The highest BCUT2D eigenvalue weighted by Gasteiger charge is 2.04. The summed E-state index contributed by atoms with van der Waals surface area (Å²) < 4.78 is 0.792. The Balaban J connectivity index is 2.57. The van der Waals surface area contributed by atoms with Crippen molar-refractivity contribution in [2.24, 2.45) is 0 Å². The van der Waals surface area contributed by atoms with Crippen LogP contribution >= 0.6 is 0 Å². The first-order valence-electron chi connectivity index (χ1n) is 4.29. The van der Waals surface area contributed by atoms with Crippen molar-refractivity contribution in [3.63, 3.8) is 0 Å². The van der Waals surface area contributed by atoms with Crippen LogP contribution < -0.4 is 4.73 Å². The molecule has 14 heavy (non-hydrogen) atoms. The first-order valence-corrected chi connectivity index (χ1v) is 4.29. The molecule has 68 valence electrons. The van der Waals surface area contributed by atoms with Crippen molar-refractivity contribution < 1.29 is 4.73 Å². The van der Waals surface area contributed by atoms with Gasteiger partial charge in [0.2, 0.25) is 0 Å². The Hall–Kier alpha value is -2.10. The fraction of sp³-hybridized carbons (Fsp3) is 0. The topological polar surface area (TPSA) is 55.6 Å². The van der Waals surface area contributed by atoms with Gasteiger partial charge in [-0.3, -0.25) is 0 Å². The molecule has 0 aliphatic carbocycles. The number of nitrogens with one attached hydrogen (secondary N) is 1. The van der Waals surface area contributed by atoms with E-state index >= 15 is 0 Å². The molecular formula is C10H7N3O. The summed E-state index contributed by atoms with van der Waals surface area (Å²) in [7, 11) is 0. The van der Waals surface area contributed by atoms with Crippen molar-refractivity contribution in [3.05, 3.63) is 42.1 Å². The van der Waals surface area contributed by atoms with Crippen molar-refractivity contribution in [2.75, 3.05) is 0 Å². The van der Waals surface area contributed by atoms with Crippen LogP contribution in [0.2, 0.25) is 0 Å². The maximum Gasteiger partial charge on any atom is 0.188 e. The van der Waals surface area contributed by atoms with Crippen LogP contribution in [0.3, 0.4) is 0 Å². The Morgan fingerprint density at radius 2 is 2.21 bits per heavy atom. The van der Waals surface area contributed by atoms with E-state index in [4.69, 9.17) is 0 Å². The molecule has 3 aromatic rings. The summed E-state index contributed by atoms with van der Waals surface area (Å²) in [6.45, 7) is 0. The Morgan fingerprint density at radius 1 is 1.29 bits per heavy atom. The van der Waals surface area contributed by atoms with Gasteiger partial charge in [-0.05, 0) is 12.1 Å². The van der Waals surface area contributed by atoms with Gasteiger partial charge in [0, 0.05) is 16.8 Å². The molecule has 4 heteroatoms. The molecule has 0 aliphatic rings. The molecule has 0 saturated carbocycles. The van der Waals surface area contributed by atoms with Crippen molar-refractivity contribution in [3.8, 4) is 0 Å². The lowest BCUT2D eigenvalue weighted by Gasteiger charge is -1.98. The molecule has 0 aliphatic heterocycles. The number of fused-ring (bicyclic) bond motifs is 3. The van der Waals surface area contributed by atoms with Gasteiger partial charge in [0.25, 0.3) is 0 Å². The van der Waals surface area contributed by atoms with Crippen LogP contribution in [0.25, 0.3) is 21.8 Å². The summed E-state index contributed by atoms with van der Waals surface area (Å²) in [5, 5.41) is 12.9. The van der Waals surface area contributed by atoms with E-state index in [2.05, 4.69) is 9.97 Å². The van der Waals surface area contributed by atoms with Gasteiger partial charge in [0.1, 0.15) is 0 Å². The summed E-state index contributed by atoms with van der Waals surface area (Å²) in [5.41, 5.74) is 1.89. The zero-order valence-corrected chi connectivity index (χ0v) is 7.27. The molecule has 4 nitrogen and oxygen atoms in total. The molecule has 2 aromatic heterocycles. The van der Waals surface area contributed by atoms with Crippen LogP contribution in [0, 0.1) is 5.21 Å². The monoisotopic (exact) mass is 185 g/mol. The average molecular weight is 185 g/mol. The summed E-state index contributed by atoms with van der Waals surface area (Å²) in [4.78, 5) is 7.24. The number of aromatic nitrogens is 3. The van der Waals surface area contributed by atoms with Crippen LogP contribution in [0.4, 0.5) is 0 Å². The predicted octanol–water partition coefficient (Wildman–Crippen LogP) is 1.35. The van der Waals surface area contributed by atoms with E-state index in [1.54, 1.807) is 18.6 Å². The Morgan fingerprint density at radius 3 is 3.14 bits per heavy atom. The molecule has 1 aromatic carbocycles. The quantitative estimate of drug-likeness (QED) is 0.424. The molecule has 1 N–H and O–H groups in total. The Kier molecular flexibility index (Phi) is 1.28. The second-order valence-corrected chi connectivity index (χ2v) is 3.17. The lowest BCUT2D eigenvalue weighted by Crippen LogP contribution is -2.23. The fourth-order valence-corrected chi connectivity index (χ4v) is 1.66. The maximum absolute atomic E-state index is 11.0. The van der Waals surface area contributed by atoms with Gasteiger partial charge in [0.15, 0.2) is 12.4 Å². The van der Waals surface area contributed by atoms with Gasteiger partial charge in [0.05, 0.1) is 17.4 Å². The van der Waals surface area contributed by atoms with Gasteiger partial charge in [-0.25, -0.2) is 4.98 Å². The van der Waals surface area contributed by atoms with E-state index in [9.17, 15) is 5.21 Å². The molecular weight excluding hydrogens is 178 g/mol. The molecule has 0 saturated heterocycles. The fourth-order valence-electron chi connectivity index (χ4n) is 1.66. The third kappa shape index (κ3) is 0.877. The molecule has 0 spiro atoms. The molecule has 3 rings (SSSR count). The van der Waals surface area contributed by atoms with Gasteiger partial charge >= 0.3 is 0 Å². The number of pyridine rings is 1. The van der Waals surface area contributed by atoms with Crippen molar-refractivity contribution >= 4 is 21.8 Å². The number of nitrogens with zero attached hydrogens (tertiary/aromatic N) is 2. The number of rotatable bonds is 0.